The fraction of sp³-hybridized carbons (Fsp3) is 0.176. The zero-order valence-electron chi connectivity index (χ0n) is 13.3. The fourth-order valence-electron chi connectivity index (χ4n) is 1.95. The third kappa shape index (κ3) is 4.50. The summed E-state index contributed by atoms with van der Waals surface area (Å²) in [6, 6.07) is 8.39. The van der Waals surface area contributed by atoms with E-state index in [2.05, 4.69) is 4.98 Å². The van der Waals surface area contributed by atoms with Crippen LogP contribution in [0.4, 0.5) is 13.2 Å². The molecule has 1 aromatic heterocycles. The molecule has 1 aromatic carbocycles. The van der Waals surface area contributed by atoms with E-state index in [0.717, 1.165) is 12.1 Å². The first-order chi connectivity index (χ1) is 11.9. The molecule has 0 unspecified atom stereocenters. The number of rotatable bonds is 5. The first kappa shape index (κ1) is 18.3. The van der Waals surface area contributed by atoms with Crippen molar-refractivity contribution in [2.75, 3.05) is 14.2 Å². The van der Waals surface area contributed by atoms with E-state index < -0.39 is 17.7 Å². The Kier molecular flexibility index (Phi) is 5.63. The molecule has 0 spiro atoms. The molecule has 25 heavy (non-hydrogen) atoms. The highest BCUT2D eigenvalue weighted by molar-refractivity contribution is 6.17. The summed E-state index contributed by atoms with van der Waals surface area (Å²) in [4.78, 5) is 15.5. The molecule has 0 aliphatic carbocycles. The van der Waals surface area contributed by atoms with E-state index in [-0.39, 0.29) is 17.2 Å². The molecule has 1 heterocycles. The van der Waals surface area contributed by atoms with Gasteiger partial charge in [-0.15, -0.1) is 0 Å². The second-order valence-corrected chi connectivity index (χ2v) is 4.74. The lowest BCUT2D eigenvalue weighted by Gasteiger charge is -2.12. The Hall–Kier alpha value is -3.03. The van der Waals surface area contributed by atoms with Crippen LogP contribution in [0.15, 0.2) is 48.9 Å². The largest absolute Gasteiger partial charge is 0.503 e. The van der Waals surface area contributed by atoms with Gasteiger partial charge in [-0.1, -0.05) is 18.2 Å². The van der Waals surface area contributed by atoms with Crippen LogP contribution in [0.5, 0.6) is 11.6 Å². The summed E-state index contributed by atoms with van der Waals surface area (Å²) in [5.41, 5.74) is -0.451. The molecule has 2 rings (SSSR count). The van der Waals surface area contributed by atoms with Gasteiger partial charge in [-0.25, -0.2) is 9.78 Å². The minimum atomic E-state index is -4.48. The highest BCUT2D eigenvalue weighted by Gasteiger charge is 2.30. The molecule has 0 saturated carbocycles. The van der Waals surface area contributed by atoms with Crippen LogP contribution in [0.1, 0.15) is 11.1 Å². The monoisotopic (exact) mass is 353 g/mol. The predicted octanol–water partition coefficient (Wildman–Crippen LogP) is 4.05. The molecule has 0 radical (unpaired) electrons. The molecule has 5 nitrogen and oxygen atoms in total. The van der Waals surface area contributed by atoms with Gasteiger partial charge >= 0.3 is 12.1 Å². The molecule has 2 aromatic rings. The summed E-state index contributed by atoms with van der Waals surface area (Å²) in [7, 11) is 2.58. The fourth-order valence-corrected chi connectivity index (χ4v) is 1.95. The number of methoxy groups -OCH3 is 2. The summed E-state index contributed by atoms with van der Waals surface area (Å²) in [5, 5.41) is 0. The van der Waals surface area contributed by atoms with Crippen molar-refractivity contribution in [2.24, 2.45) is 0 Å². The molecule has 0 aliphatic heterocycles. The Morgan fingerprint density at radius 2 is 1.84 bits per heavy atom. The number of alkyl halides is 3. The molecule has 0 aliphatic rings. The average Bonchev–Trinajstić information content (AvgIpc) is 2.59. The Labute approximate surface area is 141 Å². The highest BCUT2D eigenvalue weighted by atomic mass is 19.4. The molecule has 0 fully saturated rings. The molecule has 8 heteroatoms. The SMILES string of the molecule is CO/C=C(/C(=O)OC)c1ccccc1Oc1ccc(C(F)(F)F)cn1. The standard InChI is InChI=1S/C17H14F3NO4/c1-23-10-13(16(22)24-2)12-5-3-4-6-14(12)25-15-8-7-11(9-21-15)17(18,19)20/h3-10H,1-2H3/b13-10+. The topological polar surface area (TPSA) is 57.7 Å². The van der Waals surface area contributed by atoms with Crippen molar-refractivity contribution in [1.82, 2.24) is 4.98 Å². The number of halogens is 3. The number of aromatic nitrogens is 1. The number of benzene rings is 1. The lowest BCUT2D eigenvalue weighted by atomic mass is 10.1. The zero-order valence-corrected chi connectivity index (χ0v) is 13.3. The van der Waals surface area contributed by atoms with Crippen molar-refractivity contribution < 1.29 is 32.2 Å². The first-order valence-electron chi connectivity index (χ1n) is 6.98. The zero-order chi connectivity index (χ0) is 18.4. The lowest BCUT2D eigenvalue weighted by molar-refractivity contribution is -0.138. The van der Waals surface area contributed by atoms with Crippen molar-refractivity contribution in [3.63, 3.8) is 0 Å². The molecule has 0 saturated heterocycles. The molecule has 0 amide bonds. The van der Waals surface area contributed by atoms with E-state index >= 15 is 0 Å². The molecular formula is C17H14F3NO4. The van der Waals surface area contributed by atoms with Crippen LogP contribution in [0.2, 0.25) is 0 Å². The number of pyridine rings is 1. The van der Waals surface area contributed by atoms with Crippen LogP contribution < -0.4 is 4.74 Å². The Morgan fingerprint density at radius 1 is 1.12 bits per heavy atom. The number of esters is 1. The first-order valence-corrected chi connectivity index (χ1v) is 6.98. The van der Waals surface area contributed by atoms with Crippen LogP contribution in [-0.4, -0.2) is 25.2 Å². The maximum atomic E-state index is 12.6. The number of hydrogen-bond acceptors (Lipinski definition) is 5. The highest BCUT2D eigenvalue weighted by Crippen LogP contribution is 2.32. The van der Waals surface area contributed by atoms with Crippen molar-refractivity contribution in [3.05, 3.63) is 60.0 Å². The number of para-hydroxylation sites is 1. The van der Waals surface area contributed by atoms with Gasteiger partial charge in [0.1, 0.15) is 11.3 Å². The summed E-state index contributed by atoms with van der Waals surface area (Å²) in [5.74, 6) is -0.496. The van der Waals surface area contributed by atoms with E-state index in [1.54, 1.807) is 24.3 Å². The normalized spacial score (nSPS) is 11.8. The summed E-state index contributed by atoms with van der Waals surface area (Å²) < 4.78 is 52.8. The van der Waals surface area contributed by atoms with Crippen molar-refractivity contribution >= 4 is 11.5 Å². The minimum Gasteiger partial charge on any atom is -0.503 e. The van der Waals surface area contributed by atoms with Crippen LogP contribution >= 0.6 is 0 Å². The second-order valence-electron chi connectivity index (χ2n) is 4.74. The molecule has 0 N–H and O–H groups in total. The summed E-state index contributed by atoms with van der Waals surface area (Å²) in [6.07, 6.45) is -2.62. The van der Waals surface area contributed by atoms with Gasteiger partial charge in [0.15, 0.2) is 0 Å². The number of carbonyl (C=O) groups excluding carboxylic acids is 1. The van der Waals surface area contributed by atoms with Gasteiger partial charge in [-0.2, -0.15) is 13.2 Å². The van der Waals surface area contributed by atoms with Gasteiger partial charge in [0.05, 0.1) is 26.0 Å². The maximum absolute atomic E-state index is 12.6. The summed E-state index contributed by atoms with van der Waals surface area (Å²) >= 11 is 0. The van der Waals surface area contributed by atoms with Gasteiger partial charge in [0.2, 0.25) is 5.88 Å². The van der Waals surface area contributed by atoms with Crippen LogP contribution in [-0.2, 0) is 20.4 Å². The van der Waals surface area contributed by atoms with E-state index in [0.29, 0.717) is 11.8 Å². The van der Waals surface area contributed by atoms with Gasteiger partial charge < -0.3 is 14.2 Å². The number of hydrogen-bond donors (Lipinski definition) is 0. The van der Waals surface area contributed by atoms with Crippen molar-refractivity contribution in [3.8, 4) is 11.6 Å². The number of carbonyl (C=O) groups is 1. The van der Waals surface area contributed by atoms with Gasteiger partial charge in [-0.3, -0.25) is 0 Å². The van der Waals surface area contributed by atoms with Crippen LogP contribution in [0, 0.1) is 0 Å². The second kappa shape index (κ2) is 7.69. The molecule has 132 valence electrons. The third-order valence-corrected chi connectivity index (χ3v) is 3.10. The Balaban J connectivity index is 2.35. The van der Waals surface area contributed by atoms with Crippen LogP contribution in [0.3, 0.4) is 0 Å². The average molecular weight is 353 g/mol. The summed E-state index contributed by atoms with van der Waals surface area (Å²) in [6.45, 7) is 0. The quantitative estimate of drug-likeness (QED) is 0.461. The Bertz CT molecular complexity index is 770. The van der Waals surface area contributed by atoms with Gasteiger partial charge in [0, 0.05) is 17.8 Å². The number of nitrogens with zero attached hydrogens (tertiary/aromatic N) is 1. The van der Waals surface area contributed by atoms with E-state index in [1.165, 1.54) is 20.5 Å². The predicted molar refractivity (Wildman–Crippen MR) is 82.8 cm³/mol. The van der Waals surface area contributed by atoms with E-state index in [1.807, 2.05) is 0 Å². The van der Waals surface area contributed by atoms with Gasteiger partial charge in [-0.05, 0) is 12.1 Å². The van der Waals surface area contributed by atoms with E-state index in [9.17, 15) is 18.0 Å². The molecule has 0 bridgehead atoms. The smallest absolute Gasteiger partial charge is 0.417 e. The van der Waals surface area contributed by atoms with E-state index in [4.69, 9.17) is 14.2 Å². The van der Waals surface area contributed by atoms with Gasteiger partial charge in [0.25, 0.3) is 0 Å². The lowest BCUT2D eigenvalue weighted by Crippen LogP contribution is -2.07. The molecular weight excluding hydrogens is 339 g/mol. The van der Waals surface area contributed by atoms with Crippen LogP contribution in [0.25, 0.3) is 5.57 Å². The van der Waals surface area contributed by atoms with Crippen molar-refractivity contribution in [1.29, 1.82) is 0 Å². The maximum Gasteiger partial charge on any atom is 0.417 e. The third-order valence-electron chi connectivity index (χ3n) is 3.10. The number of ether oxygens (including phenoxy) is 3. The minimum absolute atomic E-state index is 0.0536. The van der Waals surface area contributed by atoms with Crippen molar-refractivity contribution in [2.45, 2.75) is 6.18 Å². The molecule has 0 atom stereocenters. The Morgan fingerprint density at radius 3 is 2.40 bits per heavy atom.